The van der Waals surface area contributed by atoms with Gasteiger partial charge in [0.2, 0.25) is 0 Å². The van der Waals surface area contributed by atoms with E-state index in [9.17, 15) is 0 Å². The third-order valence-electron chi connectivity index (χ3n) is 2.87. The van der Waals surface area contributed by atoms with Gasteiger partial charge in [-0.25, -0.2) is 9.97 Å². The van der Waals surface area contributed by atoms with Crippen LogP contribution in [-0.2, 0) is 13.0 Å². The first-order valence-corrected chi connectivity index (χ1v) is 4.98. The molecular formula is C10H13N3. The molecule has 0 spiro atoms. The molecule has 0 saturated heterocycles. The van der Waals surface area contributed by atoms with E-state index in [2.05, 4.69) is 15.3 Å². The third-order valence-corrected chi connectivity index (χ3v) is 2.87. The molecule has 0 bridgehead atoms. The highest BCUT2D eigenvalue weighted by Crippen LogP contribution is 2.41. The maximum absolute atomic E-state index is 4.40. The highest BCUT2D eigenvalue weighted by molar-refractivity contribution is 5.31. The van der Waals surface area contributed by atoms with Crippen molar-refractivity contribution in [1.29, 1.82) is 0 Å². The zero-order chi connectivity index (χ0) is 8.67. The highest BCUT2D eigenvalue weighted by Gasteiger charge is 2.29. The van der Waals surface area contributed by atoms with Gasteiger partial charge in [0.15, 0.2) is 0 Å². The molecular weight excluding hydrogens is 162 g/mol. The van der Waals surface area contributed by atoms with Crippen LogP contribution in [0, 0.1) is 0 Å². The Morgan fingerprint density at radius 1 is 1.31 bits per heavy atom. The second kappa shape index (κ2) is 2.77. The Bertz CT molecular complexity index is 331. The molecule has 2 aliphatic rings. The van der Waals surface area contributed by atoms with E-state index in [4.69, 9.17) is 0 Å². The van der Waals surface area contributed by atoms with E-state index >= 15 is 0 Å². The first-order valence-electron chi connectivity index (χ1n) is 4.98. The van der Waals surface area contributed by atoms with Crippen LogP contribution in [0.3, 0.4) is 0 Å². The molecule has 0 radical (unpaired) electrons. The summed E-state index contributed by atoms with van der Waals surface area (Å²) in [4.78, 5) is 8.74. The normalized spacial score (nSPS) is 21.2. The van der Waals surface area contributed by atoms with E-state index in [-0.39, 0.29) is 0 Å². The maximum atomic E-state index is 4.40. The second-order valence-corrected chi connectivity index (χ2v) is 3.89. The molecule has 1 aliphatic carbocycles. The van der Waals surface area contributed by atoms with Crippen molar-refractivity contribution in [1.82, 2.24) is 15.3 Å². The third kappa shape index (κ3) is 1.23. The Morgan fingerprint density at radius 2 is 2.23 bits per heavy atom. The molecule has 3 heteroatoms. The first-order chi connectivity index (χ1) is 6.45. The summed E-state index contributed by atoms with van der Waals surface area (Å²) in [5.41, 5.74) is 3.98. The van der Waals surface area contributed by atoms with Crippen molar-refractivity contribution in [2.24, 2.45) is 0 Å². The molecule has 0 unspecified atom stereocenters. The van der Waals surface area contributed by atoms with Crippen molar-refractivity contribution in [3.05, 3.63) is 23.3 Å². The number of nitrogens with one attached hydrogen (secondary N) is 1. The van der Waals surface area contributed by atoms with Crippen molar-refractivity contribution in [2.45, 2.75) is 31.7 Å². The van der Waals surface area contributed by atoms with Crippen molar-refractivity contribution in [3.8, 4) is 0 Å². The van der Waals surface area contributed by atoms with Gasteiger partial charge < -0.3 is 5.32 Å². The van der Waals surface area contributed by atoms with E-state index in [0.29, 0.717) is 0 Å². The fourth-order valence-corrected chi connectivity index (χ4v) is 2.00. The fraction of sp³-hybridized carbons (Fsp3) is 0.600. The highest BCUT2D eigenvalue weighted by atomic mass is 14.9. The lowest BCUT2D eigenvalue weighted by molar-refractivity contribution is 0.616. The van der Waals surface area contributed by atoms with Crippen molar-refractivity contribution in [3.63, 3.8) is 0 Å². The minimum Gasteiger partial charge on any atom is -0.312 e. The van der Waals surface area contributed by atoms with Gasteiger partial charge in [-0.2, -0.15) is 0 Å². The van der Waals surface area contributed by atoms with Gasteiger partial charge in [0, 0.05) is 36.7 Å². The van der Waals surface area contributed by atoms with Crippen LogP contribution in [0.5, 0.6) is 0 Å². The van der Waals surface area contributed by atoms with Crippen molar-refractivity contribution in [2.75, 3.05) is 6.54 Å². The zero-order valence-electron chi connectivity index (χ0n) is 7.58. The summed E-state index contributed by atoms with van der Waals surface area (Å²) < 4.78 is 0. The van der Waals surface area contributed by atoms with Gasteiger partial charge in [-0.1, -0.05) is 0 Å². The molecule has 0 amide bonds. The molecule has 68 valence electrons. The van der Waals surface area contributed by atoms with Crippen LogP contribution in [0.4, 0.5) is 0 Å². The van der Waals surface area contributed by atoms with Gasteiger partial charge in [0.25, 0.3) is 0 Å². The van der Waals surface area contributed by atoms with E-state index in [0.717, 1.165) is 25.4 Å². The van der Waals surface area contributed by atoms with Crippen LogP contribution >= 0.6 is 0 Å². The van der Waals surface area contributed by atoms with Gasteiger partial charge in [-0.05, 0) is 12.8 Å². The van der Waals surface area contributed by atoms with E-state index in [1.165, 1.54) is 29.8 Å². The second-order valence-electron chi connectivity index (χ2n) is 3.89. The van der Waals surface area contributed by atoms with E-state index < -0.39 is 0 Å². The molecule has 1 aromatic rings. The summed E-state index contributed by atoms with van der Waals surface area (Å²) in [6, 6.07) is 0. The molecule has 0 atom stereocenters. The average Bonchev–Trinajstić information content (AvgIpc) is 3.00. The number of hydrogen-bond acceptors (Lipinski definition) is 3. The number of fused-ring (bicyclic) bond motifs is 1. The van der Waals surface area contributed by atoms with Crippen LogP contribution in [0.15, 0.2) is 6.33 Å². The Kier molecular flexibility index (Phi) is 1.59. The van der Waals surface area contributed by atoms with E-state index in [1.807, 2.05) is 0 Å². The molecule has 1 aliphatic heterocycles. The van der Waals surface area contributed by atoms with Gasteiger partial charge in [0.05, 0.1) is 5.69 Å². The summed E-state index contributed by atoms with van der Waals surface area (Å²) >= 11 is 0. The van der Waals surface area contributed by atoms with Gasteiger partial charge in [0.1, 0.15) is 6.33 Å². The Morgan fingerprint density at radius 3 is 3.08 bits per heavy atom. The minimum absolute atomic E-state index is 0.747. The lowest BCUT2D eigenvalue weighted by Crippen LogP contribution is -2.26. The number of rotatable bonds is 1. The Balaban J connectivity index is 2.07. The lowest BCUT2D eigenvalue weighted by atomic mass is 10.0. The van der Waals surface area contributed by atoms with Crippen LogP contribution in [-0.4, -0.2) is 16.5 Å². The van der Waals surface area contributed by atoms with Crippen LogP contribution < -0.4 is 5.32 Å². The van der Waals surface area contributed by atoms with Gasteiger partial charge in [-0.15, -0.1) is 0 Å². The molecule has 13 heavy (non-hydrogen) atoms. The summed E-state index contributed by atoms with van der Waals surface area (Å²) in [6.45, 7) is 2.04. The predicted molar refractivity (Wildman–Crippen MR) is 49.4 cm³/mol. The number of nitrogens with zero attached hydrogens (tertiary/aromatic N) is 2. The largest absolute Gasteiger partial charge is 0.312 e. The van der Waals surface area contributed by atoms with Gasteiger partial charge >= 0.3 is 0 Å². The lowest BCUT2D eigenvalue weighted by Gasteiger charge is -2.18. The molecule has 0 aromatic carbocycles. The number of aromatic nitrogens is 2. The van der Waals surface area contributed by atoms with Crippen LogP contribution in [0.25, 0.3) is 0 Å². The molecule has 1 fully saturated rings. The summed E-state index contributed by atoms with van der Waals surface area (Å²) in [6.07, 6.45) is 5.45. The van der Waals surface area contributed by atoms with Crippen LogP contribution in [0.1, 0.15) is 35.7 Å². The van der Waals surface area contributed by atoms with E-state index in [1.54, 1.807) is 6.33 Å². The number of hydrogen-bond donors (Lipinski definition) is 1. The topological polar surface area (TPSA) is 37.8 Å². The fourth-order valence-electron chi connectivity index (χ4n) is 2.00. The summed E-state index contributed by atoms with van der Waals surface area (Å²) in [5, 5.41) is 3.38. The van der Waals surface area contributed by atoms with Crippen molar-refractivity contribution < 1.29 is 0 Å². The van der Waals surface area contributed by atoms with Crippen LogP contribution in [0.2, 0.25) is 0 Å². The predicted octanol–water partition coefficient (Wildman–Crippen LogP) is 1.000. The Hall–Kier alpha value is -0.960. The molecule has 1 aromatic heterocycles. The smallest absolute Gasteiger partial charge is 0.115 e. The quantitative estimate of drug-likeness (QED) is 0.692. The molecule has 2 heterocycles. The minimum atomic E-state index is 0.747. The maximum Gasteiger partial charge on any atom is 0.115 e. The zero-order valence-corrected chi connectivity index (χ0v) is 7.58. The SMILES string of the molecule is c1nc2c(c(C3CC3)n1)CNCC2. The summed E-state index contributed by atoms with van der Waals surface area (Å²) in [5.74, 6) is 0.747. The monoisotopic (exact) mass is 175 g/mol. The first kappa shape index (κ1) is 7.44. The molecule has 3 rings (SSSR count). The summed E-state index contributed by atoms with van der Waals surface area (Å²) in [7, 11) is 0. The molecule has 1 saturated carbocycles. The Labute approximate surface area is 77.6 Å². The van der Waals surface area contributed by atoms with Crippen molar-refractivity contribution >= 4 is 0 Å². The van der Waals surface area contributed by atoms with Gasteiger partial charge in [-0.3, -0.25) is 0 Å². The molecule has 1 N–H and O–H groups in total. The molecule has 3 nitrogen and oxygen atoms in total. The average molecular weight is 175 g/mol. The standard InChI is InChI=1S/C10H13N3/c1-2-7(1)10-8-5-11-4-3-9(8)12-6-13-10/h6-7,11H,1-5H2.